The van der Waals surface area contributed by atoms with Crippen LogP contribution in [0.3, 0.4) is 0 Å². The van der Waals surface area contributed by atoms with Gasteiger partial charge in [0.15, 0.2) is 5.71 Å². The van der Waals surface area contributed by atoms with Gasteiger partial charge in [-0.2, -0.15) is 23.3 Å². The van der Waals surface area contributed by atoms with Crippen LogP contribution in [-0.4, -0.2) is 70.2 Å². The van der Waals surface area contributed by atoms with E-state index < -0.39 is 34.8 Å². The number of thiazole rings is 1. The van der Waals surface area contributed by atoms with Gasteiger partial charge in [0.1, 0.15) is 5.54 Å². The number of alkyl halides is 3. The minimum absolute atomic E-state index is 0.0854. The van der Waals surface area contributed by atoms with E-state index in [0.29, 0.717) is 31.4 Å². The van der Waals surface area contributed by atoms with Crippen molar-refractivity contribution >= 4 is 44.2 Å². The first kappa shape index (κ1) is 24.7. The highest BCUT2D eigenvalue weighted by Crippen LogP contribution is 2.38. The first-order chi connectivity index (χ1) is 17.1. The Morgan fingerprint density at radius 2 is 1.75 bits per heavy atom. The molecule has 192 valence electrons. The number of rotatable bonds is 4. The molecule has 0 saturated carbocycles. The standard InChI is InChI=1S/C24H27F3N6O2S/c1-15(31-13-9-23(10-14-31,21(28)35)32-11-5-2-6-12-32)18-19(24(25,26)27)30-33(20(18)34)22-29-16-7-3-4-8-17(16)36-22/h3-4,7-8H,2,5-6,9-14H2,1H3,(H2,28,35)/b18-15-. The van der Waals surface area contributed by atoms with Gasteiger partial charge in [-0.05, 0) is 57.8 Å². The number of anilines is 1. The molecule has 2 amide bonds. The van der Waals surface area contributed by atoms with Crippen LogP contribution in [0.1, 0.15) is 39.0 Å². The summed E-state index contributed by atoms with van der Waals surface area (Å²) in [7, 11) is 0. The average molecular weight is 521 g/mol. The van der Waals surface area contributed by atoms with Gasteiger partial charge in [0, 0.05) is 18.8 Å². The number of aromatic nitrogens is 1. The van der Waals surface area contributed by atoms with Gasteiger partial charge >= 0.3 is 6.18 Å². The van der Waals surface area contributed by atoms with E-state index >= 15 is 0 Å². The number of amides is 2. The summed E-state index contributed by atoms with van der Waals surface area (Å²) in [6.45, 7) is 3.70. The Morgan fingerprint density at radius 3 is 2.36 bits per heavy atom. The lowest BCUT2D eigenvalue weighted by Crippen LogP contribution is -2.63. The summed E-state index contributed by atoms with van der Waals surface area (Å²) in [5, 5.41) is 4.52. The number of halogens is 3. The molecule has 36 heavy (non-hydrogen) atoms. The Kier molecular flexibility index (Phi) is 6.27. The van der Waals surface area contributed by atoms with Crippen molar-refractivity contribution in [3.05, 3.63) is 35.5 Å². The van der Waals surface area contributed by atoms with E-state index in [2.05, 4.69) is 15.0 Å². The summed E-state index contributed by atoms with van der Waals surface area (Å²) in [6.07, 6.45) is -0.955. The number of hydrazone groups is 1. The highest BCUT2D eigenvalue weighted by Gasteiger charge is 2.50. The SMILES string of the molecule is C/C(=C1/C(=O)N(c2nc3ccccc3s2)N=C1C(F)(F)F)N1CCC(C(N)=O)(N2CCCCC2)CC1. The van der Waals surface area contributed by atoms with Crippen molar-refractivity contribution in [2.75, 3.05) is 31.2 Å². The van der Waals surface area contributed by atoms with E-state index in [4.69, 9.17) is 5.73 Å². The Bertz CT molecular complexity index is 1220. The first-order valence-corrected chi connectivity index (χ1v) is 12.8. The van der Waals surface area contributed by atoms with Gasteiger partial charge in [0.05, 0.1) is 15.8 Å². The second kappa shape index (κ2) is 9.15. The minimum Gasteiger partial charge on any atom is -0.374 e. The van der Waals surface area contributed by atoms with Gasteiger partial charge in [0.25, 0.3) is 5.91 Å². The van der Waals surface area contributed by atoms with Crippen LogP contribution < -0.4 is 10.7 Å². The number of allylic oxidation sites excluding steroid dienone is 1. The smallest absolute Gasteiger partial charge is 0.374 e. The second-order valence-corrected chi connectivity index (χ2v) is 10.4. The number of carbonyl (C=O) groups excluding carboxylic acids is 2. The first-order valence-electron chi connectivity index (χ1n) is 12.0. The molecule has 2 N–H and O–H groups in total. The molecule has 0 atom stereocenters. The zero-order chi connectivity index (χ0) is 25.7. The van der Waals surface area contributed by atoms with Crippen LogP contribution in [-0.2, 0) is 9.59 Å². The lowest BCUT2D eigenvalue weighted by molar-refractivity contribution is -0.134. The highest BCUT2D eigenvalue weighted by atomic mass is 32.1. The van der Waals surface area contributed by atoms with Crippen LogP contribution in [0.2, 0.25) is 0 Å². The number of benzene rings is 1. The number of hydrogen-bond acceptors (Lipinski definition) is 7. The molecule has 2 fully saturated rings. The maximum Gasteiger partial charge on any atom is 0.436 e. The fraction of sp³-hybridized carbons (Fsp3) is 0.500. The molecule has 12 heteroatoms. The molecule has 1 aromatic carbocycles. The lowest BCUT2D eigenvalue weighted by Gasteiger charge is -2.48. The zero-order valence-corrected chi connectivity index (χ0v) is 20.7. The van der Waals surface area contributed by atoms with E-state index in [1.807, 2.05) is 0 Å². The van der Waals surface area contributed by atoms with Crippen molar-refractivity contribution in [3.63, 3.8) is 0 Å². The van der Waals surface area contributed by atoms with E-state index in [9.17, 15) is 22.8 Å². The van der Waals surface area contributed by atoms with E-state index in [0.717, 1.165) is 53.4 Å². The van der Waals surface area contributed by atoms with Crippen LogP contribution >= 0.6 is 11.3 Å². The molecule has 3 aliphatic rings. The number of piperidine rings is 2. The van der Waals surface area contributed by atoms with Crippen molar-refractivity contribution in [1.29, 1.82) is 0 Å². The van der Waals surface area contributed by atoms with Crippen LogP contribution in [0.4, 0.5) is 18.3 Å². The van der Waals surface area contributed by atoms with E-state index in [1.54, 1.807) is 29.2 Å². The summed E-state index contributed by atoms with van der Waals surface area (Å²) >= 11 is 1.11. The molecule has 8 nitrogen and oxygen atoms in total. The quantitative estimate of drug-likeness (QED) is 0.622. The number of hydrogen-bond donors (Lipinski definition) is 1. The van der Waals surface area contributed by atoms with Crippen molar-refractivity contribution in [3.8, 4) is 0 Å². The number of fused-ring (bicyclic) bond motifs is 1. The highest BCUT2D eigenvalue weighted by molar-refractivity contribution is 7.22. The monoisotopic (exact) mass is 520 g/mol. The molecule has 5 rings (SSSR count). The number of nitrogens with zero attached hydrogens (tertiary/aromatic N) is 5. The molecule has 1 aromatic heterocycles. The molecule has 2 saturated heterocycles. The third kappa shape index (κ3) is 4.15. The van der Waals surface area contributed by atoms with Crippen molar-refractivity contribution < 1.29 is 22.8 Å². The molecular weight excluding hydrogens is 493 g/mol. The normalized spacial score (nSPS) is 22.8. The Hall–Kier alpha value is -2.99. The number of nitrogens with two attached hydrogens (primary N) is 1. The molecule has 0 spiro atoms. The van der Waals surface area contributed by atoms with Gasteiger partial charge in [0.2, 0.25) is 11.0 Å². The molecule has 3 aliphatic heterocycles. The predicted octanol–water partition coefficient (Wildman–Crippen LogP) is 3.64. The van der Waals surface area contributed by atoms with Crippen molar-refractivity contribution in [2.45, 2.75) is 50.7 Å². The maximum absolute atomic E-state index is 14.0. The lowest BCUT2D eigenvalue weighted by atomic mass is 9.83. The molecule has 2 aromatic rings. The van der Waals surface area contributed by atoms with Crippen LogP contribution in [0.25, 0.3) is 10.2 Å². The molecule has 4 heterocycles. The number of para-hydroxylation sites is 1. The van der Waals surface area contributed by atoms with Crippen molar-refractivity contribution in [1.82, 2.24) is 14.8 Å². The average Bonchev–Trinajstić information content (AvgIpc) is 3.45. The zero-order valence-electron chi connectivity index (χ0n) is 19.8. The summed E-state index contributed by atoms with van der Waals surface area (Å²) in [6, 6.07) is 7.08. The van der Waals surface area contributed by atoms with Gasteiger partial charge < -0.3 is 10.6 Å². The topological polar surface area (TPSA) is 95.1 Å². The van der Waals surface area contributed by atoms with Gasteiger partial charge in [-0.3, -0.25) is 14.5 Å². The Balaban J connectivity index is 1.44. The summed E-state index contributed by atoms with van der Waals surface area (Å²) in [5.74, 6) is -1.26. The predicted molar refractivity (Wildman–Crippen MR) is 131 cm³/mol. The van der Waals surface area contributed by atoms with E-state index in [-0.39, 0.29) is 10.8 Å². The van der Waals surface area contributed by atoms with Crippen LogP contribution in [0.15, 0.2) is 40.6 Å². The largest absolute Gasteiger partial charge is 0.436 e. The third-order valence-electron chi connectivity index (χ3n) is 7.42. The Morgan fingerprint density at radius 1 is 1.08 bits per heavy atom. The minimum atomic E-state index is -4.82. The summed E-state index contributed by atoms with van der Waals surface area (Å²) in [4.78, 5) is 34.0. The summed E-state index contributed by atoms with van der Waals surface area (Å²) < 4.78 is 42.8. The molecule has 0 aliphatic carbocycles. The van der Waals surface area contributed by atoms with Crippen LogP contribution in [0, 0.1) is 0 Å². The van der Waals surface area contributed by atoms with Crippen LogP contribution in [0.5, 0.6) is 0 Å². The molecule has 0 bridgehead atoms. The van der Waals surface area contributed by atoms with Gasteiger partial charge in [-0.1, -0.05) is 29.9 Å². The molecule has 0 unspecified atom stereocenters. The van der Waals surface area contributed by atoms with E-state index in [1.165, 1.54) is 6.92 Å². The number of likely N-dealkylation sites (tertiary alicyclic amines) is 2. The number of primary amides is 1. The fourth-order valence-electron chi connectivity index (χ4n) is 5.42. The fourth-order valence-corrected chi connectivity index (χ4v) is 6.33. The summed E-state index contributed by atoms with van der Waals surface area (Å²) in [5.41, 5.74) is 4.10. The van der Waals surface area contributed by atoms with Gasteiger partial charge in [-0.25, -0.2) is 4.98 Å². The van der Waals surface area contributed by atoms with Crippen molar-refractivity contribution in [2.24, 2.45) is 10.8 Å². The third-order valence-corrected chi connectivity index (χ3v) is 8.43. The Labute approximate surface area is 210 Å². The maximum atomic E-state index is 14.0. The second-order valence-electron chi connectivity index (χ2n) is 9.42. The van der Waals surface area contributed by atoms with Gasteiger partial charge in [-0.15, -0.1) is 0 Å². The molecular formula is C24H27F3N6O2S. The molecule has 0 radical (unpaired) electrons. The number of carbonyl (C=O) groups is 2.